The average Bonchev–Trinajstić information content (AvgIpc) is 2.15. The first-order chi connectivity index (χ1) is 7.23. The Kier molecular flexibility index (Phi) is 3.18. The SMILES string of the molecule is CN(N)C(=O)c1ccc(F)cc1C(F)(F)F. The van der Waals surface area contributed by atoms with Gasteiger partial charge in [-0.15, -0.1) is 0 Å². The molecule has 0 aromatic heterocycles. The molecule has 0 spiro atoms. The lowest BCUT2D eigenvalue weighted by atomic mass is 10.1. The van der Waals surface area contributed by atoms with Crippen LogP contribution in [0.2, 0.25) is 0 Å². The highest BCUT2D eigenvalue weighted by atomic mass is 19.4. The minimum Gasteiger partial charge on any atom is -0.280 e. The number of carbonyl (C=O) groups excluding carboxylic acids is 1. The Labute approximate surface area is 88.4 Å². The van der Waals surface area contributed by atoms with Crippen LogP contribution < -0.4 is 5.84 Å². The van der Waals surface area contributed by atoms with E-state index in [1.807, 2.05) is 0 Å². The van der Waals surface area contributed by atoms with Crippen LogP contribution in [0, 0.1) is 5.82 Å². The third-order valence-electron chi connectivity index (χ3n) is 1.84. The van der Waals surface area contributed by atoms with E-state index in [0.717, 1.165) is 19.2 Å². The van der Waals surface area contributed by atoms with Crippen LogP contribution in [0.4, 0.5) is 17.6 Å². The summed E-state index contributed by atoms with van der Waals surface area (Å²) in [6.45, 7) is 0. The second-order valence-corrected chi connectivity index (χ2v) is 3.10. The number of benzene rings is 1. The van der Waals surface area contributed by atoms with E-state index in [-0.39, 0.29) is 6.07 Å². The summed E-state index contributed by atoms with van der Waals surface area (Å²) in [6, 6.07) is 1.78. The largest absolute Gasteiger partial charge is 0.417 e. The number of carbonyl (C=O) groups is 1. The van der Waals surface area contributed by atoms with E-state index in [4.69, 9.17) is 5.84 Å². The van der Waals surface area contributed by atoms with Crippen molar-refractivity contribution < 1.29 is 22.4 Å². The molecule has 0 aliphatic carbocycles. The standard InChI is InChI=1S/C9H8F4N2O/c1-15(14)8(16)6-3-2-5(10)4-7(6)9(11,12)13/h2-4H,14H2,1H3. The summed E-state index contributed by atoms with van der Waals surface area (Å²) >= 11 is 0. The second kappa shape index (κ2) is 4.09. The summed E-state index contributed by atoms with van der Waals surface area (Å²) < 4.78 is 50.1. The lowest BCUT2D eigenvalue weighted by Crippen LogP contribution is -2.34. The first-order valence-corrected chi connectivity index (χ1v) is 4.13. The smallest absolute Gasteiger partial charge is 0.280 e. The van der Waals surface area contributed by atoms with Gasteiger partial charge in [0.05, 0.1) is 11.1 Å². The molecule has 1 aromatic rings. The normalized spacial score (nSPS) is 11.4. The molecule has 0 aliphatic rings. The van der Waals surface area contributed by atoms with Gasteiger partial charge in [-0.2, -0.15) is 13.2 Å². The fourth-order valence-corrected chi connectivity index (χ4v) is 1.13. The maximum atomic E-state index is 12.7. The number of halogens is 4. The molecule has 0 bridgehead atoms. The molecule has 0 saturated carbocycles. The third kappa shape index (κ3) is 2.48. The molecule has 1 aromatic carbocycles. The van der Waals surface area contributed by atoms with Gasteiger partial charge < -0.3 is 0 Å². The van der Waals surface area contributed by atoms with E-state index < -0.39 is 29.0 Å². The van der Waals surface area contributed by atoms with Crippen LogP contribution in [-0.2, 0) is 6.18 Å². The van der Waals surface area contributed by atoms with Crippen molar-refractivity contribution in [2.24, 2.45) is 5.84 Å². The molecule has 0 saturated heterocycles. The average molecular weight is 236 g/mol. The third-order valence-corrected chi connectivity index (χ3v) is 1.84. The van der Waals surface area contributed by atoms with E-state index in [1.165, 1.54) is 0 Å². The van der Waals surface area contributed by atoms with E-state index >= 15 is 0 Å². The molecule has 0 unspecified atom stereocenters. The van der Waals surface area contributed by atoms with Gasteiger partial charge in [0, 0.05) is 7.05 Å². The molecule has 1 rings (SSSR count). The monoisotopic (exact) mass is 236 g/mol. The lowest BCUT2D eigenvalue weighted by Gasteiger charge is -2.15. The summed E-state index contributed by atoms with van der Waals surface area (Å²) in [5, 5.41) is 0.502. The van der Waals surface area contributed by atoms with Crippen molar-refractivity contribution in [1.29, 1.82) is 0 Å². The molecular weight excluding hydrogens is 228 g/mol. The van der Waals surface area contributed by atoms with Gasteiger partial charge in [-0.25, -0.2) is 10.2 Å². The van der Waals surface area contributed by atoms with Crippen molar-refractivity contribution >= 4 is 5.91 Å². The molecule has 2 N–H and O–H groups in total. The van der Waals surface area contributed by atoms with Crippen molar-refractivity contribution in [1.82, 2.24) is 5.01 Å². The molecule has 0 atom stereocenters. The van der Waals surface area contributed by atoms with E-state index in [1.54, 1.807) is 0 Å². The van der Waals surface area contributed by atoms with Crippen LogP contribution in [0.3, 0.4) is 0 Å². The lowest BCUT2D eigenvalue weighted by molar-refractivity contribution is -0.138. The minimum atomic E-state index is -4.80. The number of nitrogens with zero attached hydrogens (tertiary/aromatic N) is 1. The summed E-state index contributed by atoms with van der Waals surface area (Å²) in [5.74, 6) is 2.94. The highest BCUT2D eigenvalue weighted by molar-refractivity contribution is 5.95. The fraction of sp³-hybridized carbons (Fsp3) is 0.222. The van der Waals surface area contributed by atoms with Gasteiger partial charge in [0.15, 0.2) is 0 Å². The molecule has 1 amide bonds. The van der Waals surface area contributed by atoms with E-state index in [2.05, 4.69) is 0 Å². The van der Waals surface area contributed by atoms with Gasteiger partial charge in [-0.3, -0.25) is 9.80 Å². The van der Waals surface area contributed by atoms with Gasteiger partial charge in [0.25, 0.3) is 5.91 Å². The predicted octanol–water partition coefficient (Wildman–Crippen LogP) is 1.79. The van der Waals surface area contributed by atoms with Crippen LogP contribution in [0.1, 0.15) is 15.9 Å². The Morgan fingerprint density at radius 2 is 1.94 bits per heavy atom. The van der Waals surface area contributed by atoms with E-state index in [9.17, 15) is 22.4 Å². The van der Waals surface area contributed by atoms with Crippen LogP contribution in [0.25, 0.3) is 0 Å². The Balaban J connectivity index is 3.34. The number of amides is 1. The molecule has 16 heavy (non-hydrogen) atoms. The molecule has 0 radical (unpaired) electrons. The summed E-state index contributed by atoms with van der Waals surface area (Å²) in [6.07, 6.45) is -4.80. The highest BCUT2D eigenvalue weighted by Gasteiger charge is 2.36. The fourth-order valence-electron chi connectivity index (χ4n) is 1.13. The number of hydrazine groups is 1. The Hall–Kier alpha value is -1.63. The zero-order valence-corrected chi connectivity index (χ0v) is 8.18. The number of nitrogens with two attached hydrogens (primary N) is 1. The maximum Gasteiger partial charge on any atom is 0.417 e. The highest BCUT2D eigenvalue weighted by Crippen LogP contribution is 2.32. The Morgan fingerprint density at radius 1 is 1.38 bits per heavy atom. The second-order valence-electron chi connectivity index (χ2n) is 3.10. The summed E-state index contributed by atoms with van der Waals surface area (Å²) in [4.78, 5) is 11.3. The number of rotatable bonds is 1. The molecule has 88 valence electrons. The number of alkyl halides is 3. The van der Waals surface area contributed by atoms with Crippen LogP contribution in [-0.4, -0.2) is 18.0 Å². The van der Waals surface area contributed by atoms with Crippen molar-refractivity contribution in [3.63, 3.8) is 0 Å². The van der Waals surface area contributed by atoms with Crippen LogP contribution in [0.5, 0.6) is 0 Å². The molecule has 0 heterocycles. The van der Waals surface area contributed by atoms with E-state index in [0.29, 0.717) is 5.01 Å². The molecular formula is C9H8F4N2O. The van der Waals surface area contributed by atoms with Gasteiger partial charge in [-0.05, 0) is 18.2 Å². The Bertz CT molecular complexity index is 414. The number of hydrogen-bond acceptors (Lipinski definition) is 2. The summed E-state index contributed by atoms with van der Waals surface area (Å²) in [7, 11) is 1.10. The first-order valence-electron chi connectivity index (χ1n) is 4.13. The molecule has 0 aliphatic heterocycles. The van der Waals surface area contributed by atoms with Crippen molar-refractivity contribution in [2.75, 3.05) is 7.05 Å². The van der Waals surface area contributed by atoms with Crippen molar-refractivity contribution in [2.45, 2.75) is 6.18 Å². The van der Waals surface area contributed by atoms with Gasteiger partial charge in [0.2, 0.25) is 0 Å². The summed E-state index contributed by atoms with van der Waals surface area (Å²) in [5.41, 5.74) is -2.02. The quantitative estimate of drug-likeness (QED) is 0.349. The van der Waals surface area contributed by atoms with Crippen molar-refractivity contribution in [3.05, 3.63) is 35.1 Å². The topological polar surface area (TPSA) is 46.3 Å². The zero-order valence-electron chi connectivity index (χ0n) is 8.18. The molecule has 3 nitrogen and oxygen atoms in total. The van der Waals surface area contributed by atoms with Crippen LogP contribution >= 0.6 is 0 Å². The first kappa shape index (κ1) is 12.4. The number of hydrogen-bond donors (Lipinski definition) is 1. The minimum absolute atomic E-state index is 0.261. The zero-order chi connectivity index (χ0) is 12.5. The Morgan fingerprint density at radius 3 is 2.38 bits per heavy atom. The predicted molar refractivity (Wildman–Crippen MR) is 47.7 cm³/mol. The van der Waals surface area contributed by atoms with Gasteiger partial charge >= 0.3 is 6.18 Å². The van der Waals surface area contributed by atoms with Gasteiger partial charge in [0.1, 0.15) is 5.82 Å². The van der Waals surface area contributed by atoms with Gasteiger partial charge in [-0.1, -0.05) is 0 Å². The molecule has 0 fully saturated rings. The van der Waals surface area contributed by atoms with Crippen molar-refractivity contribution in [3.8, 4) is 0 Å². The van der Waals surface area contributed by atoms with Crippen LogP contribution in [0.15, 0.2) is 18.2 Å². The molecule has 7 heteroatoms. The maximum absolute atomic E-state index is 12.7.